The van der Waals surface area contributed by atoms with E-state index >= 15 is 0 Å². The molecule has 0 aromatic heterocycles. The molecule has 0 aliphatic carbocycles. The van der Waals surface area contributed by atoms with Crippen LogP contribution in [-0.2, 0) is 4.79 Å². The number of benzene rings is 2. The first-order valence-corrected chi connectivity index (χ1v) is 9.29. The molecule has 0 spiro atoms. The molecule has 1 N–H and O–H groups in total. The van der Waals surface area contributed by atoms with Gasteiger partial charge < -0.3 is 19.7 Å². The highest BCUT2D eigenvalue weighted by Gasteiger charge is 2.36. The number of hydrogen-bond donors (Lipinski definition) is 1. The minimum absolute atomic E-state index is 0.0990. The second-order valence-corrected chi connectivity index (χ2v) is 6.89. The predicted molar refractivity (Wildman–Crippen MR) is 106 cm³/mol. The molecule has 5 nitrogen and oxygen atoms in total. The van der Waals surface area contributed by atoms with Gasteiger partial charge in [0.25, 0.3) is 0 Å². The van der Waals surface area contributed by atoms with Crippen LogP contribution in [0.3, 0.4) is 0 Å². The van der Waals surface area contributed by atoms with Gasteiger partial charge in [-0.15, -0.1) is 0 Å². The van der Waals surface area contributed by atoms with Crippen molar-refractivity contribution in [1.82, 2.24) is 4.90 Å². The van der Waals surface area contributed by atoms with E-state index in [1.165, 1.54) is 11.1 Å². The van der Waals surface area contributed by atoms with Crippen LogP contribution in [0.1, 0.15) is 24.0 Å². The third-order valence-corrected chi connectivity index (χ3v) is 5.21. The number of carbonyl (C=O) groups is 1. The number of aryl methyl sites for hydroxylation is 1. The number of ether oxygens (including phenoxy) is 2. The molecule has 0 radical (unpaired) electrons. The number of hydrogen-bond acceptors (Lipinski definition) is 4. The van der Waals surface area contributed by atoms with Crippen molar-refractivity contribution < 1.29 is 14.3 Å². The van der Waals surface area contributed by atoms with E-state index in [9.17, 15) is 4.79 Å². The van der Waals surface area contributed by atoms with Gasteiger partial charge in [-0.05, 0) is 48.8 Å². The molecule has 0 bridgehead atoms. The molecule has 1 amide bonds. The lowest BCUT2D eigenvalue weighted by atomic mass is 9.97. The molecule has 2 heterocycles. The third kappa shape index (κ3) is 3.37. The molecule has 5 heteroatoms. The number of anilines is 1. The number of fused-ring (bicyclic) bond motifs is 2. The second-order valence-electron chi connectivity index (χ2n) is 6.89. The van der Waals surface area contributed by atoms with E-state index < -0.39 is 0 Å². The highest BCUT2D eigenvalue weighted by atomic mass is 16.5. The fourth-order valence-electron chi connectivity index (χ4n) is 3.75. The quantitative estimate of drug-likeness (QED) is 0.876. The summed E-state index contributed by atoms with van der Waals surface area (Å²) in [7, 11) is 1.67. The molecule has 4 rings (SSSR count). The van der Waals surface area contributed by atoms with Crippen LogP contribution in [-0.4, -0.2) is 37.2 Å². The molecule has 1 unspecified atom stereocenters. The molecule has 1 saturated heterocycles. The van der Waals surface area contributed by atoms with Gasteiger partial charge >= 0.3 is 0 Å². The molecule has 2 aromatic rings. The van der Waals surface area contributed by atoms with Crippen LogP contribution in [0.25, 0.3) is 6.08 Å². The van der Waals surface area contributed by atoms with Crippen LogP contribution >= 0.6 is 0 Å². The van der Waals surface area contributed by atoms with Crippen molar-refractivity contribution in [2.45, 2.75) is 25.9 Å². The van der Waals surface area contributed by atoms with Crippen molar-refractivity contribution in [3.63, 3.8) is 0 Å². The Morgan fingerprint density at radius 1 is 1.22 bits per heavy atom. The van der Waals surface area contributed by atoms with Crippen LogP contribution in [0.4, 0.5) is 5.69 Å². The summed E-state index contributed by atoms with van der Waals surface area (Å²) < 4.78 is 11.2. The van der Waals surface area contributed by atoms with Crippen LogP contribution in [0.15, 0.2) is 48.0 Å². The van der Waals surface area contributed by atoms with Gasteiger partial charge in [0.15, 0.2) is 0 Å². The maximum atomic E-state index is 12.8. The average molecular weight is 364 g/mol. The summed E-state index contributed by atoms with van der Waals surface area (Å²) in [4.78, 5) is 14.7. The number of carbonyl (C=O) groups excluding carboxylic acids is 1. The first-order valence-electron chi connectivity index (χ1n) is 9.29. The maximum Gasteiger partial charge on any atom is 0.227 e. The molecule has 0 saturated carbocycles. The van der Waals surface area contributed by atoms with Crippen molar-refractivity contribution >= 4 is 17.7 Å². The molecule has 2 aliphatic rings. The second kappa shape index (κ2) is 7.35. The summed E-state index contributed by atoms with van der Waals surface area (Å²) in [6, 6.07) is 13.6. The van der Waals surface area contributed by atoms with Crippen molar-refractivity contribution in [1.29, 1.82) is 0 Å². The van der Waals surface area contributed by atoms with E-state index in [2.05, 4.69) is 24.4 Å². The van der Waals surface area contributed by atoms with Crippen molar-refractivity contribution in [2.75, 3.05) is 25.6 Å². The molecule has 1 atom stereocenters. The first kappa shape index (κ1) is 17.5. The number of methoxy groups -OCH3 is 1. The summed E-state index contributed by atoms with van der Waals surface area (Å²) >= 11 is 0. The average Bonchev–Trinajstić information content (AvgIpc) is 3.11. The Bertz CT molecular complexity index is 877. The molecular formula is C22H24N2O3. The molecular weight excluding hydrogens is 340 g/mol. The van der Waals surface area contributed by atoms with Gasteiger partial charge in [-0.2, -0.15) is 0 Å². The smallest absolute Gasteiger partial charge is 0.227 e. The maximum absolute atomic E-state index is 12.8. The monoisotopic (exact) mass is 364 g/mol. The molecule has 2 aromatic carbocycles. The number of rotatable bonds is 5. The van der Waals surface area contributed by atoms with Gasteiger partial charge in [-0.3, -0.25) is 4.79 Å². The fraction of sp³-hybridized carbons (Fsp3) is 0.318. The number of likely N-dealkylation sites (tertiary alicyclic amines) is 1. The van der Waals surface area contributed by atoms with Gasteiger partial charge in [0.1, 0.15) is 17.7 Å². The van der Waals surface area contributed by atoms with E-state index in [0.717, 1.165) is 35.7 Å². The predicted octanol–water partition coefficient (Wildman–Crippen LogP) is 3.84. The Morgan fingerprint density at radius 3 is 2.81 bits per heavy atom. The largest absolute Gasteiger partial charge is 0.495 e. The van der Waals surface area contributed by atoms with Crippen molar-refractivity contribution in [2.24, 2.45) is 0 Å². The van der Waals surface area contributed by atoms with Gasteiger partial charge in [0.2, 0.25) is 5.91 Å². The summed E-state index contributed by atoms with van der Waals surface area (Å²) in [5.74, 6) is 1.69. The molecule has 2 aliphatic heterocycles. The minimum Gasteiger partial charge on any atom is -0.495 e. The van der Waals surface area contributed by atoms with E-state index in [-0.39, 0.29) is 12.1 Å². The molecule has 140 valence electrons. The van der Waals surface area contributed by atoms with E-state index in [0.29, 0.717) is 13.0 Å². The number of amides is 1. The fourth-order valence-corrected chi connectivity index (χ4v) is 3.75. The van der Waals surface area contributed by atoms with Crippen LogP contribution in [0.5, 0.6) is 11.5 Å². The Hall–Kier alpha value is -2.95. The Morgan fingerprint density at radius 2 is 2.04 bits per heavy atom. The van der Waals surface area contributed by atoms with E-state index in [1.807, 2.05) is 41.3 Å². The van der Waals surface area contributed by atoms with Crippen LogP contribution < -0.4 is 14.8 Å². The molecule has 27 heavy (non-hydrogen) atoms. The zero-order valence-electron chi connectivity index (χ0n) is 15.7. The Balaban J connectivity index is 1.45. The standard InChI is InChI=1S/C22H24N2O3/c1-15-8-9-19(26-2)21-18(15)14-16-10-12-24(22(16)23-21)20(25)11-13-27-17-6-4-3-5-7-17/h3-9,14,22-23H,10-13H2,1-2H3. The van der Waals surface area contributed by atoms with Gasteiger partial charge in [0.05, 0.1) is 25.8 Å². The highest BCUT2D eigenvalue weighted by molar-refractivity contribution is 5.84. The Labute approximate surface area is 159 Å². The summed E-state index contributed by atoms with van der Waals surface area (Å²) in [5.41, 5.74) is 4.57. The summed E-state index contributed by atoms with van der Waals surface area (Å²) in [6.45, 7) is 3.20. The number of nitrogens with one attached hydrogen (secondary N) is 1. The zero-order chi connectivity index (χ0) is 18.8. The van der Waals surface area contributed by atoms with E-state index in [1.54, 1.807) is 7.11 Å². The summed E-state index contributed by atoms with van der Waals surface area (Å²) in [6.07, 6.45) is 3.36. The summed E-state index contributed by atoms with van der Waals surface area (Å²) in [5, 5.41) is 3.53. The van der Waals surface area contributed by atoms with E-state index in [4.69, 9.17) is 9.47 Å². The normalized spacial score (nSPS) is 17.5. The van der Waals surface area contributed by atoms with Gasteiger partial charge in [-0.25, -0.2) is 0 Å². The first-order chi connectivity index (χ1) is 13.2. The van der Waals surface area contributed by atoms with Crippen LogP contribution in [0, 0.1) is 6.92 Å². The SMILES string of the molecule is COc1ccc(C)c2c1NC1C(=C2)CCN1C(=O)CCOc1ccccc1. The Kier molecular flexibility index (Phi) is 4.75. The van der Waals surface area contributed by atoms with Gasteiger partial charge in [0, 0.05) is 12.1 Å². The lowest BCUT2D eigenvalue weighted by Crippen LogP contribution is -2.42. The lowest BCUT2D eigenvalue weighted by molar-refractivity contribution is -0.131. The number of para-hydroxylation sites is 1. The molecule has 1 fully saturated rings. The van der Waals surface area contributed by atoms with Gasteiger partial charge in [-0.1, -0.05) is 24.3 Å². The number of nitrogens with zero attached hydrogens (tertiary/aromatic N) is 1. The lowest BCUT2D eigenvalue weighted by Gasteiger charge is -2.32. The minimum atomic E-state index is -0.0996. The topological polar surface area (TPSA) is 50.8 Å². The van der Waals surface area contributed by atoms with Crippen molar-refractivity contribution in [3.8, 4) is 11.5 Å². The van der Waals surface area contributed by atoms with Crippen LogP contribution in [0.2, 0.25) is 0 Å². The zero-order valence-corrected chi connectivity index (χ0v) is 15.7. The third-order valence-electron chi connectivity index (χ3n) is 5.21. The van der Waals surface area contributed by atoms with Crippen molar-refractivity contribution in [3.05, 3.63) is 59.2 Å². The highest BCUT2D eigenvalue weighted by Crippen LogP contribution is 2.40.